The third kappa shape index (κ3) is 3.65. The summed E-state index contributed by atoms with van der Waals surface area (Å²) >= 11 is 1.37. The van der Waals surface area contributed by atoms with Gasteiger partial charge >= 0.3 is 5.97 Å². The lowest BCUT2D eigenvalue weighted by molar-refractivity contribution is -0.152. The summed E-state index contributed by atoms with van der Waals surface area (Å²) in [5.41, 5.74) is -0.141. The van der Waals surface area contributed by atoms with Gasteiger partial charge in [-0.3, -0.25) is 9.59 Å². The molecular formula is C18H16FNO5S. The number of halogens is 1. The number of ether oxygens (including phenoxy) is 1. The zero-order valence-corrected chi connectivity index (χ0v) is 14.7. The Morgan fingerprint density at radius 1 is 1.27 bits per heavy atom. The minimum absolute atomic E-state index is 0.141. The summed E-state index contributed by atoms with van der Waals surface area (Å²) in [5, 5.41) is -0.428. The molecule has 1 saturated heterocycles. The Kier molecular flexibility index (Phi) is 5.41. The molecule has 0 aliphatic carbocycles. The van der Waals surface area contributed by atoms with Crippen molar-refractivity contribution in [1.29, 1.82) is 0 Å². The molecular weight excluding hydrogens is 361 g/mol. The zero-order valence-electron chi connectivity index (χ0n) is 13.9. The van der Waals surface area contributed by atoms with Crippen LogP contribution in [0.25, 0.3) is 0 Å². The van der Waals surface area contributed by atoms with Gasteiger partial charge in [0.1, 0.15) is 23.0 Å². The Bertz CT molecular complexity index is 823. The number of carbonyl (C=O) groups excluding carboxylic acids is 3. The van der Waals surface area contributed by atoms with Gasteiger partial charge in [-0.15, -0.1) is 11.8 Å². The van der Waals surface area contributed by atoms with Crippen LogP contribution in [0.2, 0.25) is 0 Å². The van der Waals surface area contributed by atoms with Gasteiger partial charge in [0.25, 0.3) is 0 Å². The Balaban J connectivity index is 1.66. The average Bonchev–Trinajstić information content (AvgIpc) is 3.28. The summed E-state index contributed by atoms with van der Waals surface area (Å²) in [7, 11) is 0. The molecule has 0 unspecified atom stereocenters. The number of carbonyl (C=O) groups is 3. The van der Waals surface area contributed by atoms with Crippen LogP contribution in [0.3, 0.4) is 0 Å². The lowest BCUT2D eigenvalue weighted by atomic mass is 10.1. The molecule has 1 aliphatic rings. The number of thioether (sulfide) groups is 1. The van der Waals surface area contributed by atoms with E-state index in [0.29, 0.717) is 11.5 Å². The number of nitrogens with zero attached hydrogens (tertiary/aromatic N) is 1. The molecule has 1 aromatic heterocycles. The molecule has 6 nitrogen and oxygen atoms in total. The predicted octanol–water partition coefficient (Wildman–Crippen LogP) is 2.81. The first kappa shape index (κ1) is 18.2. The molecule has 1 aliphatic heterocycles. The molecule has 1 aromatic carbocycles. The fourth-order valence-electron chi connectivity index (χ4n) is 2.72. The SMILES string of the molecule is CC(=O)N1[C@@H](c2ccco2)SC[C@H]1C(=O)OCC(=O)c1ccccc1F. The summed E-state index contributed by atoms with van der Waals surface area (Å²) in [6, 6.07) is 8.07. The second-order valence-electron chi connectivity index (χ2n) is 5.65. The van der Waals surface area contributed by atoms with E-state index in [4.69, 9.17) is 9.15 Å². The van der Waals surface area contributed by atoms with Crippen molar-refractivity contribution >= 4 is 29.4 Å². The third-order valence-electron chi connectivity index (χ3n) is 3.94. The highest BCUT2D eigenvalue weighted by Gasteiger charge is 2.43. The molecule has 136 valence electrons. The van der Waals surface area contributed by atoms with E-state index < -0.39 is 35.6 Å². The smallest absolute Gasteiger partial charge is 0.330 e. The van der Waals surface area contributed by atoms with Gasteiger partial charge in [-0.1, -0.05) is 12.1 Å². The van der Waals surface area contributed by atoms with Crippen LogP contribution in [-0.2, 0) is 14.3 Å². The first-order valence-electron chi connectivity index (χ1n) is 7.87. The first-order valence-corrected chi connectivity index (χ1v) is 8.92. The first-order chi connectivity index (χ1) is 12.5. The number of esters is 1. The van der Waals surface area contributed by atoms with Gasteiger partial charge in [0.05, 0.1) is 11.8 Å². The minimum atomic E-state index is -0.832. The average molecular weight is 377 g/mol. The van der Waals surface area contributed by atoms with Crippen LogP contribution >= 0.6 is 11.8 Å². The van der Waals surface area contributed by atoms with Gasteiger partial charge in [0, 0.05) is 12.7 Å². The topological polar surface area (TPSA) is 76.8 Å². The second kappa shape index (κ2) is 7.74. The number of benzene rings is 1. The van der Waals surface area contributed by atoms with E-state index in [1.807, 2.05) is 0 Å². The number of furan rings is 1. The van der Waals surface area contributed by atoms with Gasteiger partial charge in [-0.05, 0) is 24.3 Å². The third-order valence-corrected chi connectivity index (χ3v) is 5.23. The highest BCUT2D eigenvalue weighted by Crippen LogP contribution is 2.41. The highest BCUT2D eigenvalue weighted by atomic mass is 32.2. The molecule has 0 bridgehead atoms. The summed E-state index contributed by atoms with van der Waals surface area (Å²) in [5.74, 6) is -1.45. The van der Waals surface area contributed by atoms with Gasteiger partial charge < -0.3 is 14.1 Å². The Labute approximate surface area is 153 Å². The molecule has 1 fully saturated rings. The van der Waals surface area contributed by atoms with E-state index in [9.17, 15) is 18.8 Å². The molecule has 1 amide bonds. The van der Waals surface area contributed by atoms with Crippen molar-refractivity contribution in [1.82, 2.24) is 4.90 Å². The molecule has 0 spiro atoms. The summed E-state index contributed by atoms with van der Waals surface area (Å²) in [6.07, 6.45) is 1.49. The van der Waals surface area contributed by atoms with Crippen molar-refractivity contribution in [3.8, 4) is 0 Å². The van der Waals surface area contributed by atoms with Crippen LogP contribution in [0.5, 0.6) is 0 Å². The van der Waals surface area contributed by atoms with Crippen molar-refractivity contribution in [3.05, 3.63) is 59.8 Å². The maximum absolute atomic E-state index is 13.6. The summed E-state index contributed by atoms with van der Waals surface area (Å²) < 4.78 is 24.0. The number of rotatable bonds is 5. The van der Waals surface area contributed by atoms with E-state index in [0.717, 1.165) is 6.07 Å². The zero-order chi connectivity index (χ0) is 18.7. The standard InChI is InChI=1S/C18H16FNO5S/c1-11(21)20-14(10-26-17(20)16-7-4-8-24-16)18(23)25-9-15(22)12-5-2-3-6-13(12)19/h2-8,14,17H,9-10H2,1H3/t14-,17+/m0/s1. The Morgan fingerprint density at radius 3 is 2.69 bits per heavy atom. The largest absolute Gasteiger partial charge is 0.466 e. The van der Waals surface area contributed by atoms with Gasteiger partial charge in [0.15, 0.2) is 6.61 Å². The van der Waals surface area contributed by atoms with E-state index in [-0.39, 0.29) is 11.5 Å². The van der Waals surface area contributed by atoms with Crippen LogP contribution in [0.4, 0.5) is 4.39 Å². The van der Waals surface area contributed by atoms with E-state index in [1.165, 1.54) is 48.0 Å². The van der Waals surface area contributed by atoms with E-state index in [1.54, 1.807) is 12.1 Å². The number of hydrogen-bond donors (Lipinski definition) is 0. The van der Waals surface area contributed by atoms with Crippen LogP contribution < -0.4 is 0 Å². The molecule has 2 heterocycles. The lowest BCUT2D eigenvalue weighted by Gasteiger charge is -2.25. The molecule has 0 N–H and O–H groups in total. The van der Waals surface area contributed by atoms with Crippen molar-refractivity contribution in [2.45, 2.75) is 18.3 Å². The van der Waals surface area contributed by atoms with Crippen molar-refractivity contribution in [3.63, 3.8) is 0 Å². The summed E-state index contributed by atoms with van der Waals surface area (Å²) in [6.45, 7) is 0.769. The molecule has 2 atom stereocenters. The molecule has 3 rings (SSSR count). The normalized spacial score (nSPS) is 19.4. The fraction of sp³-hybridized carbons (Fsp3) is 0.278. The van der Waals surface area contributed by atoms with Gasteiger partial charge in [-0.2, -0.15) is 0 Å². The number of amides is 1. The Morgan fingerprint density at radius 2 is 2.04 bits per heavy atom. The van der Waals surface area contributed by atoms with Crippen molar-refractivity contribution in [2.24, 2.45) is 0 Å². The molecule has 2 aromatic rings. The monoisotopic (exact) mass is 377 g/mol. The number of ketones is 1. The van der Waals surface area contributed by atoms with Crippen LogP contribution in [0.1, 0.15) is 28.4 Å². The molecule has 0 radical (unpaired) electrons. The second-order valence-corrected chi connectivity index (χ2v) is 6.77. The van der Waals surface area contributed by atoms with E-state index >= 15 is 0 Å². The minimum Gasteiger partial charge on any atom is -0.466 e. The van der Waals surface area contributed by atoms with E-state index in [2.05, 4.69) is 0 Å². The molecule has 0 saturated carbocycles. The molecule has 8 heteroatoms. The maximum Gasteiger partial charge on any atom is 0.330 e. The quantitative estimate of drug-likeness (QED) is 0.589. The lowest BCUT2D eigenvalue weighted by Crippen LogP contribution is -2.43. The maximum atomic E-state index is 13.6. The van der Waals surface area contributed by atoms with Crippen molar-refractivity contribution in [2.75, 3.05) is 12.4 Å². The van der Waals surface area contributed by atoms with Gasteiger partial charge in [0.2, 0.25) is 11.7 Å². The Hall–Kier alpha value is -2.61. The summed E-state index contributed by atoms with van der Waals surface area (Å²) in [4.78, 5) is 37.8. The number of Topliss-reactive ketones (excluding diaryl/α,β-unsaturated/α-hetero) is 1. The fourth-order valence-corrected chi connectivity index (χ4v) is 4.14. The van der Waals surface area contributed by atoms with Crippen LogP contribution in [0, 0.1) is 5.82 Å². The highest BCUT2D eigenvalue weighted by molar-refractivity contribution is 7.99. The number of hydrogen-bond acceptors (Lipinski definition) is 6. The molecule has 26 heavy (non-hydrogen) atoms. The van der Waals surface area contributed by atoms with Crippen LogP contribution in [0.15, 0.2) is 47.1 Å². The van der Waals surface area contributed by atoms with Crippen molar-refractivity contribution < 1.29 is 27.9 Å². The van der Waals surface area contributed by atoms with Gasteiger partial charge in [-0.25, -0.2) is 9.18 Å². The predicted molar refractivity (Wildman–Crippen MR) is 91.9 cm³/mol. The van der Waals surface area contributed by atoms with Crippen LogP contribution in [-0.4, -0.2) is 41.0 Å².